The van der Waals surface area contributed by atoms with Gasteiger partial charge in [0.25, 0.3) is 5.91 Å². The van der Waals surface area contributed by atoms with E-state index in [-0.39, 0.29) is 17.7 Å². The second kappa shape index (κ2) is 13.8. The maximum Gasteiger partial charge on any atom is 0.408 e. The Balaban J connectivity index is 2.02. The molecule has 0 aliphatic rings. The Hall–Kier alpha value is -5.04. The van der Waals surface area contributed by atoms with Crippen molar-refractivity contribution >= 4 is 23.6 Å². The second-order valence-electron chi connectivity index (χ2n) is 10.2. The molecule has 41 heavy (non-hydrogen) atoms. The first-order valence-corrected chi connectivity index (χ1v) is 13.0. The van der Waals surface area contributed by atoms with E-state index in [1.807, 2.05) is 12.1 Å². The molecule has 214 valence electrons. The third-order valence-corrected chi connectivity index (χ3v) is 5.90. The second-order valence-corrected chi connectivity index (χ2v) is 10.2. The number of alkyl carbamates (subject to hydrolysis) is 1. The molecule has 3 amide bonds. The number of carbonyl (C=O) groups excluding carboxylic acids is 3. The highest BCUT2D eigenvalue weighted by atomic mass is 16.6. The van der Waals surface area contributed by atoms with Crippen LogP contribution in [0.2, 0.25) is 0 Å². The van der Waals surface area contributed by atoms with Gasteiger partial charge in [-0.25, -0.2) is 4.79 Å². The Labute approximate surface area is 239 Å². The molecule has 10 nitrogen and oxygen atoms in total. The zero-order valence-corrected chi connectivity index (χ0v) is 23.5. The number of phenols is 1. The van der Waals surface area contributed by atoms with Gasteiger partial charge < -0.3 is 30.1 Å². The topological polar surface area (TPSA) is 141 Å². The van der Waals surface area contributed by atoms with Gasteiger partial charge in [-0.15, -0.1) is 0 Å². The standard InChI is InChI=1S/C31H34N4O6/c1-31(2,3)41-30(39)34-26(19-21-9-6-5-7-10-21)29(38)35(18-17-32)27(22-11-8-12-24(36)20-22)28(37)33-23-13-15-25(40-4)16-14-23/h5-16,20,26-27,36H,18-19H2,1-4H3,(H,33,37)(H,34,39). The molecule has 0 aromatic heterocycles. The van der Waals surface area contributed by atoms with Gasteiger partial charge in [0.15, 0.2) is 0 Å². The van der Waals surface area contributed by atoms with E-state index in [0.29, 0.717) is 11.4 Å². The molecule has 10 heteroatoms. The Morgan fingerprint density at radius 3 is 2.27 bits per heavy atom. The summed E-state index contributed by atoms with van der Waals surface area (Å²) in [5.41, 5.74) is 0.628. The van der Waals surface area contributed by atoms with E-state index < -0.39 is 42.1 Å². The van der Waals surface area contributed by atoms with Gasteiger partial charge in [-0.05, 0) is 68.3 Å². The highest BCUT2D eigenvalue weighted by molar-refractivity contribution is 5.99. The highest BCUT2D eigenvalue weighted by Gasteiger charge is 2.36. The zero-order valence-electron chi connectivity index (χ0n) is 23.5. The third-order valence-electron chi connectivity index (χ3n) is 5.90. The summed E-state index contributed by atoms with van der Waals surface area (Å²) in [6.07, 6.45) is -0.742. The number of hydrogen-bond donors (Lipinski definition) is 3. The molecule has 0 spiro atoms. The normalized spacial score (nSPS) is 12.3. The Bertz CT molecular complexity index is 1380. The van der Waals surface area contributed by atoms with Gasteiger partial charge in [0, 0.05) is 12.1 Å². The molecule has 0 radical (unpaired) electrons. The Morgan fingerprint density at radius 2 is 1.68 bits per heavy atom. The van der Waals surface area contributed by atoms with E-state index in [2.05, 4.69) is 10.6 Å². The van der Waals surface area contributed by atoms with Crippen molar-refractivity contribution in [1.29, 1.82) is 5.26 Å². The lowest BCUT2D eigenvalue weighted by Crippen LogP contribution is -2.53. The van der Waals surface area contributed by atoms with Crippen LogP contribution in [0.4, 0.5) is 10.5 Å². The number of benzene rings is 3. The van der Waals surface area contributed by atoms with Crippen LogP contribution < -0.4 is 15.4 Å². The number of nitrogens with zero attached hydrogens (tertiary/aromatic N) is 2. The molecule has 0 aliphatic heterocycles. The summed E-state index contributed by atoms with van der Waals surface area (Å²) in [6.45, 7) is 4.62. The molecule has 2 unspecified atom stereocenters. The number of rotatable bonds is 10. The largest absolute Gasteiger partial charge is 0.508 e. The molecule has 0 saturated heterocycles. The van der Waals surface area contributed by atoms with Gasteiger partial charge in [-0.3, -0.25) is 9.59 Å². The number of nitrogens with one attached hydrogen (secondary N) is 2. The van der Waals surface area contributed by atoms with Crippen molar-refractivity contribution in [2.75, 3.05) is 19.0 Å². The van der Waals surface area contributed by atoms with Crippen LogP contribution in [-0.4, -0.2) is 53.2 Å². The highest BCUT2D eigenvalue weighted by Crippen LogP contribution is 2.27. The van der Waals surface area contributed by atoms with Crippen molar-refractivity contribution in [3.63, 3.8) is 0 Å². The summed E-state index contributed by atoms with van der Waals surface area (Å²) < 4.78 is 10.6. The fourth-order valence-corrected chi connectivity index (χ4v) is 4.13. The van der Waals surface area contributed by atoms with Crippen LogP contribution in [0.15, 0.2) is 78.9 Å². The molecule has 0 bridgehead atoms. The smallest absolute Gasteiger partial charge is 0.408 e. The van der Waals surface area contributed by atoms with Crippen LogP contribution in [0.1, 0.15) is 37.9 Å². The first-order chi connectivity index (χ1) is 19.5. The van der Waals surface area contributed by atoms with Gasteiger partial charge in [0.05, 0.1) is 13.2 Å². The zero-order chi connectivity index (χ0) is 30.0. The summed E-state index contributed by atoms with van der Waals surface area (Å²) in [7, 11) is 1.52. The molecule has 0 saturated carbocycles. The van der Waals surface area contributed by atoms with Crippen molar-refractivity contribution in [2.24, 2.45) is 0 Å². The third kappa shape index (κ3) is 9.00. The van der Waals surface area contributed by atoms with E-state index >= 15 is 0 Å². The molecule has 3 aromatic rings. The van der Waals surface area contributed by atoms with Crippen LogP contribution in [0.5, 0.6) is 11.5 Å². The number of anilines is 1. The number of ether oxygens (including phenoxy) is 2. The summed E-state index contributed by atoms with van der Waals surface area (Å²) in [5.74, 6) is -0.841. The molecule has 0 heterocycles. The van der Waals surface area contributed by atoms with Crippen molar-refractivity contribution in [2.45, 2.75) is 44.9 Å². The number of hydrogen-bond acceptors (Lipinski definition) is 7. The van der Waals surface area contributed by atoms with Gasteiger partial charge in [-0.1, -0.05) is 42.5 Å². The van der Waals surface area contributed by atoms with Crippen molar-refractivity contribution in [3.05, 3.63) is 90.0 Å². The van der Waals surface area contributed by atoms with Crippen LogP contribution >= 0.6 is 0 Å². The van der Waals surface area contributed by atoms with E-state index in [0.717, 1.165) is 10.5 Å². The van der Waals surface area contributed by atoms with Gasteiger partial charge >= 0.3 is 6.09 Å². The number of nitriles is 1. The SMILES string of the molecule is COc1ccc(NC(=O)C(c2cccc(O)c2)N(CC#N)C(=O)C(Cc2ccccc2)NC(=O)OC(C)(C)C)cc1. The lowest BCUT2D eigenvalue weighted by atomic mass is 10.00. The van der Waals surface area contributed by atoms with Crippen molar-refractivity contribution in [1.82, 2.24) is 10.2 Å². The number of methoxy groups -OCH3 is 1. The van der Waals surface area contributed by atoms with Crippen LogP contribution in [0, 0.1) is 11.3 Å². The first kappa shape index (κ1) is 30.5. The fraction of sp³-hybridized carbons (Fsp3) is 0.290. The minimum Gasteiger partial charge on any atom is -0.508 e. The molecule has 3 N–H and O–H groups in total. The number of amides is 3. The van der Waals surface area contributed by atoms with Crippen molar-refractivity contribution in [3.8, 4) is 17.6 Å². The minimum atomic E-state index is -1.32. The maximum absolute atomic E-state index is 14.1. The Morgan fingerprint density at radius 1 is 1.00 bits per heavy atom. The summed E-state index contributed by atoms with van der Waals surface area (Å²) in [5, 5.41) is 25.3. The summed E-state index contributed by atoms with van der Waals surface area (Å²) in [4.78, 5) is 41.7. The average molecular weight is 559 g/mol. The quantitative estimate of drug-likeness (QED) is 0.310. The predicted molar refractivity (Wildman–Crippen MR) is 153 cm³/mol. The summed E-state index contributed by atoms with van der Waals surface area (Å²) >= 11 is 0. The van der Waals surface area contributed by atoms with E-state index in [9.17, 15) is 24.8 Å². The lowest BCUT2D eigenvalue weighted by Gasteiger charge is -2.33. The van der Waals surface area contributed by atoms with E-state index in [1.165, 1.54) is 25.3 Å². The van der Waals surface area contributed by atoms with Crippen LogP contribution in [0.3, 0.4) is 0 Å². The van der Waals surface area contributed by atoms with Crippen LogP contribution in [-0.2, 0) is 20.7 Å². The number of phenolic OH excluding ortho intramolecular Hbond substituents is 1. The molecule has 3 rings (SSSR count). The van der Waals surface area contributed by atoms with E-state index in [1.54, 1.807) is 75.4 Å². The fourth-order valence-electron chi connectivity index (χ4n) is 4.13. The molecule has 3 aromatic carbocycles. The molecular formula is C31H34N4O6. The predicted octanol–water partition coefficient (Wildman–Crippen LogP) is 4.57. The number of aromatic hydroxyl groups is 1. The van der Waals surface area contributed by atoms with E-state index in [4.69, 9.17) is 9.47 Å². The monoisotopic (exact) mass is 558 g/mol. The molecule has 0 aliphatic carbocycles. The Kier molecular flexibility index (Phi) is 10.3. The first-order valence-electron chi connectivity index (χ1n) is 13.0. The molecule has 2 atom stereocenters. The minimum absolute atomic E-state index is 0.0771. The van der Waals surface area contributed by atoms with Crippen LogP contribution in [0.25, 0.3) is 0 Å². The van der Waals surface area contributed by atoms with Gasteiger partial charge in [0.1, 0.15) is 35.7 Å². The summed E-state index contributed by atoms with van der Waals surface area (Å²) in [6, 6.07) is 21.0. The molecule has 0 fully saturated rings. The van der Waals surface area contributed by atoms with Crippen molar-refractivity contribution < 1.29 is 29.0 Å². The number of carbonyl (C=O) groups is 3. The van der Waals surface area contributed by atoms with Gasteiger partial charge in [-0.2, -0.15) is 5.26 Å². The lowest BCUT2D eigenvalue weighted by molar-refractivity contribution is -0.140. The van der Waals surface area contributed by atoms with Gasteiger partial charge in [0.2, 0.25) is 5.91 Å². The average Bonchev–Trinajstić information content (AvgIpc) is 2.92. The molecular weight excluding hydrogens is 524 g/mol. The maximum atomic E-state index is 14.1.